The summed E-state index contributed by atoms with van der Waals surface area (Å²) in [5.41, 5.74) is 6.84. The molecule has 2 rings (SSSR count). The molecular weight excluding hydrogens is 306 g/mol. The first-order valence-corrected chi connectivity index (χ1v) is 7.98. The number of hydrogen-bond donors (Lipinski definition) is 2. The van der Waals surface area contributed by atoms with Crippen molar-refractivity contribution in [2.45, 2.75) is 26.4 Å². The number of nitrogens with two attached hydrogens (primary N) is 1. The van der Waals surface area contributed by atoms with Gasteiger partial charge in [-0.25, -0.2) is 4.98 Å². The summed E-state index contributed by atoms with van der Waals surface area (Å²) in [6.07, 6.45) is 0. The molecule has 0 radical (unpaired) electrons. The minimum absolute atomic E-state index is 0.158. The highest BCUT2D eigenvalue weighted by atomic mass is 35.5. The first-order chi connectivity index (χ1) is 10.0. The molecule has 4 nitrogen and oxygen atoms in total. The molecule has 0 spiro atoms. The van der Waals surface area contributed by atoms with Crippen molar-refractivity contribution in [3.8, 4) is 0 Å². The van der Waals surface area contributed by atoms with E-state index in [1.54, 1.807) is 5.38 Å². The lowest BCUT2D eigenvalue weighted by atomic mass is 9.96. The standard InChI is InChI=1S/C15H18ClN3OS/c1-9(2)14(10-5-3-4-6-11(10)16)19-15(20)12-8-21-13(7-17)18-12/h3-6,8-9,14H,7,17H2,1-2H3,(H,19,20). The largest absolute Gasteiger partial charge is 0.344 e. The molecule has 112 valence electrons. The Morgan fingerprint density at radius 1 is 1.43 bits per heavy atom. The predicted octanol–water partition coefficient (Wildman–Crippen LogP) is 3.38. The normalized spacial score (nSPS) is 12.4. The second-order valence-corrected chi connectivity index (χ2v) is 6.40. The van der Waals surface area contributed by atoms with E-state index in [0.29, 0.717) is 17.3 Å². The lowest BCUT2D eigenvalue weighted by Crippen LogP contribution is -2.32. The Bertz CT molecular complexity index is 627. The number of carbonyl (C=O) groups excluding carboxylic acids is 1. The molecule has 0 saturated carbocycles. The van der Waals surface area contributed by atoms with Crippen molar-refractivity contribution in [3.05, 3.63) is 50.9 Å². The average Bonchev–Trinajstić information content (AvgIpc) is 2.94. The monoisotopic (exact) mass is 323 g/mol. The van der Waals surface area contributed by atoms with Crippen molar-refractivity contribution in [3.63, 3.8) is 0 Å². The molecule has 21 heavy (non-hydrogen) atoms. The van der Waals surface area contributed by atoms with Crippen molar-refractivity contribution in [1.82, 2.24) is 10.3 Å². The Morgan fingerprint density at radius 3 is 2.71 bits per heavy atom. The minimum Gasteiger partial charge on any atom is -0.344 e. The smallest absolute Gasteiger partial charge is 0.271 e. The third-order valence-electron chi connectivity index (χ3n) is 3.15. The first-order valence-electron chi connectivity index (χ1n) is 6.72. The number of halogens is 1. The van der Waals surface area contributed by atoms with Gasteiger partial charge in [-0.2, -0.15) is 0 Å². The van der Waals surface area contributed by atoms with Gasteiger partial charge in [0.25, 0.3) is 5.91 Å². The molecule has 0 aliphatic rings. The number of amides is 1. The highest BCUT2D eigenvalue weighted by Crippen LogP contribution is 2.28. The van der Waals surface area contributed by atoms with Crippen LogP contribution in [0.1, 0.15) is 40.9 Å². The molecule has 1 aromatic heterocycles. The highest BCUT2D eigenvalue weighted by Gasteiger charge is 2.22. The van der Waals surface area contributed by atoms with Gasteiger partial charge < -0.3 is 11.1 Å². The van der Waals surface area contributed by atoms with Gasteiger partial charge in [-0.1, -0.05) is 43.6 Å². The van der Waals surface area contributed by atoms with Gasteiger partial charge in [-0.3, -0.25) is 4.79 Å². The second kappa shape index (κ2) is 7.02. The van der Waals surface area contributed by atoms with Crippen LogP contribution in [-0.4, -0.2) is 10.9 Å². The minimum atomic E-state index is -0.204. The van der Waals surface area contributed by atoms with Crippen LogP contribution in [0.2, 0.25) is 5.02 Å². The molecule has 0 aliphatic carbocycles. The molecule has 1 atom stereocenters. The van der Waals surface area contributed by atoms with Gasteiger partial charge in [0.2, 0.25) is 0 Å². The quantitative estimate of drug-likeness (QED) is 0.886. The molecule has 0 bridgehead atoms. The maximum absolute atomic E-state index is 12.3. The van der Waals surface area contributed by atoms with Crippen LogP contribution in [0.3, 0.4) is 0 Å². The van der Waals surface area contributed by atoms with Crippen LogP contribution in [0.4, 0.5) is 0 Å². The summed E-state index contributed by atoms with van der Waals surface area (Å²) >= 11 is 7.63. The van der Waals surface area contributed by atoms with Crippen molar-refractivity contribution in [2.75, 3.05) is 0 Å². The topological polar surface area (TPSA) is 68.0 Å². The number of aromatic nitrogens is 1. The van der Waals surface area contributed by atoms with Crippen LogP contribution in [0.25, 0.3) is 0 Å². The summed E-state index contributed by atoms with van der Waals surface area (Å²) in [4.78, 5) is 16.5. The molecule has 3 N–H and O–H groups in total. The Labute approximate surface area is 133 Å². The van der Waals surface area contributed by atoms with E-state index in [4.69, 9.17) is 17.3 Å². The Hall–Kier alpha value is -1.43. The number of thiazole rings is 1. The van der Waals surface area contributed by atoms with Gasteiger partial charge in [0.05, 0.1) is 6.04 Å². The highest BCUT2D eigenvalue weighted by molar-refractivity contribution is 7.09. The van der Waals surface area contributed by atoms with Crippen LogP contribution < -0.4 is 11.1 Å². The third-order valence-corrected chi connectivity index (χ3v) is 4.37. The van der Waals surface area contributed by atoms with Gasteiger partial charge in [-0.15, -0.1) is 11.3 Å². The van der Waals surface area contributed by atoms with E-state index in [0.717, 1.165) is 10.6 Å². The molecule has 2 aromatic rings. The molecule has 0 saturated heterocycles. The molecule has 1 amide bonds. The molecule has 1 heterocycles. The zero-order valence-electron chi connectivity index (χ0n) is 12.0. The van der Waals surface area contributed by atoms with Crippen molar-refractivity contribution < 1.29 is 4.79 Å². The Kier molecular flexibility index (Phi) is 5.33. The van der Waals surface area contributed by atoms with Crippen LogP contribution in [0, 0.1) is 5.92 Å². The summed E-state index contributed by atoms with van der Waals surface area (Å²) in [6.45, 7) is 4.43. The summed E-state index contributed by atoms with van der Waals surface area (Å²) < 4.78 is 0. The fourth-order valence-electron chi connectivity index (χ4n) is 2.05. The third kappa shape index (κ3) is 3.81. The van der Waals surface area contributed by atoms with E-state index in [9.17, 15) is 4.79 Å². The van der Waals surface area contributed by atoms with Crippen LogP contribution in [0.15, 0.2) is 29.6 Å². The van der Waals surface area contributed by atoms with Gasteiger partial charge in [-0.05, 0) is 17.5 Å². The molecule has 0 fully saturated rings. The van der Waals surface area contributed by atoms with E-state index >= 15 is 0 Å². The fourth-order valence-corrected chi connectivity index (χ4v) is 2.96. The van der Waals surface area contributed by atoms with Crippen molar-refractivity contribution in [2.24, 2.45) is 11.7 Å². The Balaban J connectivity index is 2.21. The molecule has 1 unspecified atom stereocenters. The van der Waals surface area contributed by atoms with E-state index in [1.165, 1.54) is 11.3 Å². The molecule has 6 heteroatoms. The summed E-state index contributed by atoms with van der Waals surface area (Å²) in [5.74, 6) is 0.00559. The summed E-state index contributed by atoms with van der Waals surface area (Å²) in [6, 6.07) is 7.39. The number of rotatable bonds is 5. The molecule has 0 aliphatic heterocycles. The number of nitrogens with zero attached hydrogens (tertiary/aromatic N) is 1. The lowest BCUT2D eigenvalue weighted by Gasteiger charge is -2.23. The first kappa shape index (κ1) is 15.9. The number of carbonyl (C=O) groups is 1. The maximum atomic E-state index is 12.3. The van der Waals surface area contributed by atoms with E-state index < -0.39 is 0 Å². The number of nitrogens with one attached hydrogen (secondary N) is 1. The van der Waals surface area contributed by atoms with Crippen molar-refractivity contribution >= 4 is 28.8 Å². The fraction of sp³-hybridized carbons (Fsp3) is 0.333. The zero-order chi connectivity index (χ0) is 15.4. The molecule has 1 aromatic carbocycles. The maximum Gasteiger partial charge on any atom is 0.271 e. The lowest BCUT2D eigenvalue weighted by molar-refractivity contribution is 0.0921. The predicted molar refractivity (Wildman–Crippen MR) is 86.5 cm³/mol. The van der Waals surface area contributed by atoms with Gasteiger partial charge in [0.15, 0.2) is 0 Å². The van der Waals surface area contributed by atoms with Crippen LogP contribution >= 0.6 is 22.9 Å². The van der Waals surface area contributed by atoms with Crippen molar-refractivity contribution in [1.29, 1.82) is 0 Å². The van der Waals surface area contributed by atoms with E-state index in [-0.39, 0.29) is 17.9 Å². The zero-order valence-corrected chi connectivity index (χ0v) is 13.5. The average molecular weight is 324 g/mol. The second-order valence-electron chi connectivity index (χ2n) is 5.05. The molecular formula is C15H18ClN3OS. The van der Waals surface area contributed by atoms with Crippen LogP contribution in [-0.2, 0) is 6.54 Å². The van der Waals surface area contributed by atoms with Gasteiger partial charge in [0.1, 0.15) is 10.7 Å². The SMILES string of the molecule is CC(C)C(NC(=O)c1csc(CN)n1)c1ccccc1Cl. The number of benzene rings is 1. The Morgan fingerprint density at radius 2 is 2.14 bits per heavy atom. The van der Waals surface area contributed by atoms with E-state index in [1.807, 2.05) is 38.1 Å². The van der Waals surface area contributed by atoms with Gasteiger partial charge >= 0.3 is 0 Å². The van der Waals surface area contributed by atoms with Gasteiger partial charge in [0, 0.05) is 16.9 Å². The van der Waals surface area contributed by atoms with Crippen LogP contribution in [0.5, 0.6) is 0 Å². The summed E-state index contributed by atoms with van der Waals surface area (Å²) in [7, 11) is 0. The number of hydrogen-bond acceptors (Lipinski definition) is 4. The summed E-state index contributed by atoms with van der Waals surface area (Å²) in [5, 5.41) is 6.13. The van der Waals surface area contributed by atoms with E-state index in [2.05, 4.69) is 10.3 Å².